The van der Waals surface area contributed by atoms with Crippen LogP contribution in [0.15, 0.2) is 27.1 Å². The predicted octanol–water partition coefficient (Wildman–Crippen LogP) is 2.58. The quantitative estimate of drug-likeness (QED) is 0.859. The zero-order valence-electron chi connectivity index (χ0n) is 10.6. The lowest BCUT2D eigenvalue weighted by Gasteiger charge is -2.36. The molecule has 0 amide bonds. The van der Waals surface area contributed by atoms with E-state index in [1.165, 1.54) is 0 Å². The zero-order chi connectivity index (χ0) is 14.0. The second-order valence-electron chi connectivity index (χ2n) is 4.75. The molecule has 1 heterocycles. The first-order valence-corrected chi connectivity index (χ1v) is 7.68. The number of aliphatic carboxylic acids is 1. The smallest absolute Gasteiger partial charge is 0.325 e. The van der Waals surface area contributed by atoms with E-state index in [1.807, 2.05) is 23.1 Å². The molecule has 104 valence electrons. The van der Waals surface area contributed by atoms with Crippen molar-refractivity contribution in [2.75, 3.05) is 33.2 Å². The number of carboxylic acids is 1. The Morgan fingerprint density at radius 2 is 1.84 bits per heavy atom. The summed E-state index contributed by atoms with van der Waals surface area (Å²) in [5.74, 6) is -0.793. The average molecular weight is 392 g/mol. The van der Waals surface area contributed by atoms with Crippen LogP contribution in [0.4, 0.5) is 0 Å². The largest absolute Gasteiger partial charge is 0.480 e. The van der Waals surface area contributed by atoms with Crippen LogP contribution in [0, 0.1) is 0 Å². The van der Waals surface area contributed by atoms with Crippen LogP contribution in [-0.4, -0.2) is 54.1 Å². The lowest BCUT2D eigenvalue weighted by Crippen LogP contribution is -2.47. The van der Waals surface area contributed by atoms with Crippen molar-refractivity contribution in [2.24, 2.45) is 0 Å². The lowest BCUT2D eigenvalue weighted by atomic mass is 10.0. The Kier molecular flexibility index (Phi) is 5.00. The van der Waals surface area contributed by atoms with E-state index >= 15 is 0 Å². The second-order valence-corrected chi connectivity index (χ2v) is 6.46. The molecule has 0 radical (unpaired) electrons. The minimum atomic E-state index is -0.793. The van der Waals surface area contributed by atoms with Crippen molar-refractivity contribution < 1.29 is 9.90 Å². The Bertz CT molecular complexity index is 474. The van der Waals surface area contributed by atoms with E-state index in [4.69, 9.17) is 0 Å². The molecule has 1 aromatic rings. The van der Waals surface area contributed by atoms with Crippen molar-refractivity contribution in [1.29, 1.82) is 0 Å². The first-order valence-electron chi connectivity index (χ1n) is 6.09. The minimum absolute atomic E-state index is 0.571. The molecular weight excluding hydrogens is 376 g/mol. The third-order valence-corrected chi connectivity index (χ3v) is 5.28. The number of benzene rings is 1. The summed E-state index contributed by atoms with van der Waals surface area (Å²) in [7, 11) is 2.06. The second kappa shape index (κ2) is 6.35. The maximum atomic E-state index is 11.6. The Hall–Kier alpha value is -0.430. The van der Waals surface area contributed by atoms with E-state index in [0.717, 1.165) is 40.7 Å². The summed E-state index contributed by atoms with van der Waals surface area (Å²) in [6.07, 6.45) is 0. The molecule has 1 unspecified atom stereocenters. The van der Waals surface area contributed by atoms with Crippen molar-refractivity contribution in [1.82, 2.24) is 9.80 Å². The van der Waals surface area contributed by atoms with E-state index in [2.05, 4.69) is 43.8 Å². The Labute approximate surface area is 129 Å². The number of rotatable bonds is 3. The van der Waals surface area contributed by atoms with Gasteiger partial charge in [-0.3, -0.25) is 9.69 Å². The lowest BCUT2D eigenvalue weighted by molar-refractivity contribution is -0.144. The molecule has 1 aliphatic heterocycles. The molecule has 6 heteroatoms. The molecular formula is C13H16Br2N2O2. The van der Waals surface area contributed by atoms with Gasteiger partial charge in [0, 0.05) is 35.1 Å². The van der Waals surface area contributed by atoms with Gasteiger partial charge in [-0.05, 0) is 56.6 Å². The van der Waals surface area contributed by atoms with E-state index in [1.54, 1.807) is 0 Å². The number of carboxylic acid groups (broad SMARTS) is 1. The molecule has 1 aliphatic rings. The van der Waals surface area contributed by atoms with Gasteiger partial charge < -0.3 is 10.0 Å². The van der Waals surface area contributed by atoms with Crippen LogP contribution in [0.1, 0.15) is 11.6 Å². The number of piperazine rings is 1. The molecule has 1 saturated heterocycles. The highest BCUT2D eigenvalue weighted by molar-refractivity contribution is 9.13. The molecule has 1 N–H and O–H groups in total. The Balaban J connectivity index is 2.24. The van der Waals surface area contributed by atoms with Gasteiger partial charge in [0.2, 0.25) is 0 Å². The van der Waals surface area contributed by atoms with Crippen LogP contribution in [0.25, 0.3) is 0 Å². The number of hydrogen-bond donors (Lipinski definition) is 1. The maximum Gasteiger partial charge on any atom is 0.325 e. The highest BCUT2D eigenvalue weighted by atomic mass is 79.9. The van der Waals surface area contributed by atoms with Crippen LogP contribution in [-0.2, 0) is 4.79 Å². The fourth-order valence-electron chi connectivity index (χ4n) is 2.27. The first-order chi connectivity index (χ1) is 8.99. The van der Waals surface area contributed by atoms with Gasteiger partial charge in [0.25, 0.3) is 0 Å². The van der Waals surface area contributed by atoms with Crippen molar-refractivity contribution in [3.05, 3.63) is 32.7 Å². The summed E-state index contributed by atoms with van der Waals surface area (Å²) in [6, 6.07) is 5.05. The molecule has 4 nitrogen and oxygen atoms in total. The average Bonchev–Trinajstić information content (AvgIpc) is 2.36. The summed E-state index contributed by atoms with van der Waals surface area (Å²) < 4.78 is 1.81. The third-order valence-electron chi connectivity index (χ3n) is 3.40. The third kappa shape index (κ3) is 3.56. The van der Waals surface area contributed by atoms with E-state index < -0.39 is 12.0 Å². The summed E-state index contributed by atoms with van der Waals surface area (Å²) in [6.45, 7) is 3.37. The Morgan fingerprint density at radius 1 is 1.21 bits per heavy atom. The van der Waals surface area contributed by atoms with Gasteiger partial charge >= 0.3 is 5.97 Å². The van der Waals surface area contributed by atoms with E-state index in [9.17, 15) is 9.90 Å². The fourth-order valence-corrected chi connectivity index (χ4v) is 2.92. The SMILES string of the molecule is CN1CCN(C(C(=O)O)c2ccc(Br)c(Br)c2)CC1. The number of halogens is 2. The zero-order valence-corrected chi connectivity index (χ0v) is 13.8. The molecule has 1 atom stereocenters. The fraction of sp³-hybridized carbons (Fsp3) is 0.462. The van der Waals surface area contributed by atoms with E-state index in [-0.39, 0.29) is 0 Å². The highest BCUT2D eigenvalue weighted by Gasteiger charge is 2.29. The normalized spacial score (nSPS) is 19.3. The molecule has 0 spiro atoms. The highest BCUT2D eigenvalue weighted by Crippen LogP contribution is 2.29. The van der Waals surface area contributed by atoms with Crippen molar-refractivity contribution >= 4 is 37.8 Å². The number of likely N-dealkylation sites (N-methyl/N-ethyl adjacent to an activating group) is 1. The standard InChI is InChI=1S/C13H16Br2N2O2/c1-16-4-6-17(7-5-16)12(13(18)19)9-2-3-10(14)11(15)8-9/h2-3,8,12H,4-7H2,1H3,(H,18,19). The topological polar surface area (TPSA) is 43.8 Å². The summed E-state index contributed by atoms with van der Waals surface area (Å²) in [5.41, 5.74) is 0.812. The molecule has 19 heavy (non-hydrogen) atoms. The van der Waals surface area contributed by atoms with Gasteiger partial charge in [-0.15, -0.1) is 0 Å². The Morgan fingerprint density at radius 3 is 2.37 bits per heavy atom. The van der Waals surface area contributed by atoms with Crippen LogP contribution in [0.3, 0.4) is 0 Å². The van der Waals surface area contributed by atoms with Crippen molar-refractivity contribution in [3.8, 4) is 0 Å². The van der Waals surface area contributed by atoms with Gasteiger partial charge in [-0.2, -0.15) is 0 Å². The molecule has 0 saturated carbocycles. The predicted molar refractivity (Wildman–Crippen MR) is 81.3 cm³/mol. The summed E-state index contributed by atoms with van der Waals surface area (Å²) >= 11 is 6.84. The van der Waals surface area contributed by atoms with Gasteiger partial charge in [0.1, 0.15) is 6.04 Å². The molecule has 0 aliphatic carbocycles. The molecule has 1 fully saturated rings. The summed E-state index contributed by atoms with van der Waals surface area (Å²) in [5, 5.41) is 9.52. The van der Waals surface area contributed by atoms with Crippen molar-refractivity contribution in [3.63, 3.8) is 0 Å². The maximum absolute atomic E-state index is 11.6. The van der Waals surface area contributed by atoms with Crippen LogP contribution in [0.2, 0.25) is 0 Å². The van der Waals surface area contributed by atoms with Crippen molar-refractivity contribution in [2.45, 2.75) is 6.04 Å². The monoisotopic (exact) mass is 390 g/mol. The van der Waals surface area contributed by atoms with Gasteiger partial charge in [-0.25, -0.2) is 0 Å². The number of carbonyl (C=O) groups is 1. The summed E-state index contributed by atoms with van der Waals surface area (Å²) in [4.78, 5) is 15.8. The molecule has 1 aromatic carbocycles. The van der Waals surface area contributed by atoms with E-state index in [0.29, 0.717) is 0 Å². The van der Waals surface area contributed by atoms with Crippen LogP contribution < -0.4 is 0 Å². The molecule has 2 rings (SSSR count). The van der Waals surface area contributed by atoms with Crippen LogP contribution in [0.5, 0.6) is 0 Å². The molecule has 0 bridgehead atoms. The van der Waals surface area contributed by atoms with Gasteiger partial charge in [-0.1, -0.05) is 6.07 Å². The molecule has 0 aromatic heterocycles. The first kappa shape index (κ1) is 15.0. The minimum Gasteiger partial charge on any atom is -0.480 e. The van der Waals surface area contributed by atoms with Gasteiger partial charge in [0.05, 0.1) is 0 Å². The number of hydrogen-bond acceptors (Lipinski definition) is 3. The van der Waals surface area contributed by atoms with Crippen LogP contribution >= 0.6 is 31.9 Å². The van der Waals surface area contributed by atoms with Gasteiger partial charge in [0.15, 0.2) is 0 Å². The number of nitrogens with zero attached hydrogens (tertiary/aromatic N) is 2.